The van der Waals surface area contributed by atoms with Crippen molar-refractivity contribution >= 4 is 24.1 Å². The molecule has 3 N–H and O–H groups in total. The van der Waals surface area contributed by atoms with Crippen molar-refractivity contribution < 1.29 is 14.3 Å². The lowest BCUT2D eigenvalue weighted by atomic mass is 9.95. The van der Waals surface area contributed by atoms with Gasteiger partial charge in [-0.05, 0) is 51.7 Å². The molecule has 0 saturated heterocycles. The number of hydrogen-bond donors (Lipinski definition) is 2. The van der Waals surface area contributed by atoms with Gasteiger partial charge < -0.3 is 15.8 Å². The molecule has 1 aliphatic rings. The van der Waals surface area contributed by atoms with Gasteiger partial charge in [0, 0.05) is 12.1 Å². The van der Waals surface area contributed by atoms with Gasteiger partial charge in [0.1, 0.15) is 5.75 Å². The number of Topliss-reactive ketones (excluding diaryl/α,β-unsaturated/α-hetero) is 1. The van der Waals surface area contributed by atoms with Crippen molar-refractivity contribution in [2.24, 2.45) is 11.7 Å². The third-order valence-electron chi connectivity index (χ3n) is 4.23. The molecular weight excluding hydrogens is 316 g/mol. The lowest BCUT2D eigenvalue weighted by Gasteiger charge is -2.31. The molecule has 0 radical (unpaired) electrons. The molecule has 1 saturated carbocycles. The number of nitrogens with two attached hydrogens (primary N) is 1. The van der Waals surface area contributed by atoms with Crippen molar-refractivity contribution in [3.63, 3.8) is 0 Å². The molecule has 0 aliphatic heterocycles. The van der Waals surface area contributed by atoms with E-state index in [4.69, 9.17) is 10.5 Å². The second-order valence-corrected chi connectivity index (χ2v) is 6.23. The Bertz CT molecular complexity index is 575. The number of ether oxygens (including phenoxy) is 1. The number of carbonyl (C=O) groups is 2. The van der Waals surface area contributed by atoms with Crippen LogP contribution in [0.15, 0.2) is 24.3 Å². The van der Waals surface area contributed by atoms with Crippen molar-refractivity contribution in [3.8, 4) is 5.75 Å². The van der Waals surface area contributed by atoms with Crippen LogP contribution in [0.4, 0.5) is 0 Å². The van der Waals surface area contributed by atoms with E-state index < -0.39 is 6.10 Å². The van der Waals surface area contributed by atoms with Gasteiger partial charge in [-0.2, -0.15) is 0 Å². The summed E-state index contributed by atoms with van der Waals surface area (Å²) in [6, 6.07) is 6.85. The Hall–Kier alpha value is -1.59. The molecule has 2 atom stereocenters. The van der Waals surface area contributed by atoms with E-state index in [1.54, 1.807) is 31.2 Å². The molecule has 1 fully saturated rings. The maximum Gasteiger partial charge on any atom is 0.261 e. The van der Waals surface area contributed by atoms with Crippen LogP contribution in [0.1, 0.15) is 44.0 Å². The van der Waals surface area contributed by atoms with Crippen LogP contribution in [-0.4, -0.2) is 29.9 Å². The van der Waals surface area contributed by atoms with Crippen LogP contribution in [0.25, 0.3) is 0 Å². The average molecular weight is 341 g/mol. The van der Waals surface area contributed by atoms with Crippen molar-refractivity contribution in [1.29, 1.82) is 0 Å². The summed E-state index contributed by atoms with van der Waals surface area (Å²) < 4.78 is 5.65. The number of ketones is 1. The van der Waals surface area contributed by atoms with Crippen molar-refractivity contribution in [3.05, 3.63) is 29.8 Å². The average Bonchev–Trinajstić information content (AvgIpc) is 3.32. The Balaban J connectivity index is 0.00000264. The van der Waals surface area contributed by atoms with Crippen molar-refractivity contribution in [1.82, 2.24) is 5.32 Å². The number of hydrogen-bond acceptors (Lipinski definition) is 4. The number of rotatable bonds is 7. The quantitative estimate of drug-likeness (QED) is 0.746. The molecule has 2 rings (SSSR count). The van der Waals surface area contributed by atoms with Crippen LogP contribution >= 0.6 is 12.4 Å². The van der Waals surface area contributed by atoms with Gasteiger partial charge in [0.2, 0.25) is 0 Å². The summed E-state index contributed by atoms with van der Waals surface area (Å²) in [5.41, 5.74) is 6.01. The molecule has 0 heterocycles. The molecule has 1 aromatic rings. The molecule has 1 aromatic carbocycles. The summed E-state index contributed by atoms with van der Waals surface area (Å²) in [4.78, 5) is 23.7. The highest BCUT2D eigenvalue weighted by molar-refractivity contribution is 5.94. The highest BCUT2D eigenvalue weighted by Crippen LogP contribution is 2.39. The Morgan fingerprint density at radius 3 is 2.61 bits per heavy atom. The van der Waals surface area contributed by atoms with Crippen molar-refractivity contribution in [2.45, 2.75) is 45.3 Å². The minimum absolute atomic E-state index is 0. The maximum absolute atomic E-state index is 12.3. The molecule has 5 nitrogen and oxygen atoms in total. The minimum Gasteiger partial charge on any atom is -0.481 e. The van der Waals surface area contributed by atoms with Crippen LogP contribution < -0.4 is 15.8 Å². The second-order valence-electron chi connectivity index (χ2n) is 6.23. The predicted octanol–water partition coefficient (Wildman–Crippen LogP) is 2.32. The van der Waals surface area contributed by atoms with Gasteiger partial charge in [-0.25, -0.2) is 0 Å². The van der Waals surface area contributed by atoms with E-state index in [-0.39, 0.29) is 29.6 Å². The molecule has 128 valence electrons. The third kappa shape index (κ3) is 4.94. The van der Waals surface area contributed by atoms with Gasteiger partial charge in [-0.15, -0.1) is 12.4 Å². The molecule has 1 amide bonds. The lowest BCUT2D eigenvalue weighted by Crippen LogP contribution is -2.56. The van der Waals surface area contributed by atoms with E-state index in [0.717, 1.165) is 12.8 Å². The van der Waals surface area contributed by atoms with E-state index in [1.165, 1.54) is 6.92 Å². The van der Waals surface area contributed by atoms with Gasteiger partial charge in [0.25, 0.3) is 5.91 Å². The highest BCUT2D eigenvalue weighted by Gasteiger charge is 2.42. The number of nitrogens with one attached hydrogen (secondary N) is 1. The first-order valence-corrected chi connectivity index (χ1v) is 7.65. The molecule has 1 aliphatic carbocycles. The van der Waals surface area contributed by atoms with E-state index in [2.05, 4.69) is 5.32 Å². The van der Waals surface area contributed by atoms with Crippen LogP contribution in [-0.2, 0) is 4.79 Å². The summed E-state index contributed by atoms with van der Waals surface area (Å²) >= 11 is 0. The fourth-order valence-electron chi connectivity index (χ4n) is 2.47. The summed E-state index contributed by atoms with van der Waals surface area (Å²) in [5, 5.41) is 3.01. The zero-order chi connectivity index (χ0) is 16.3. The van der Waals surface area contributed by atoms with Gasteiger partial charge in [-0.1, -0.05) is 12.1 Å². The Labute approximate surface area is 143 Å². The molecule has 6 heteroatoms. The van der Waals surface area contributed by atoms with E-state index in [9.17, 15) is 9.59 Å². The first-order chi connectivity index (χ1) is 10.4. The van der Waals surface area contributed by atoms with Crippen LogP contribution in [0, 0.1) is 5.92 Å². The van der Waals surface area contributed by atoms with Gasteiger partial charge in [0.05, 0.1) is 5.54 Å². The van der Waals surface area contributed by atoms with E-state index >= 15 is 0 Å². The Kier molecular flexibility index (Phi) is 6.59. The lowest BCUT2D eigenvalue weighted by molar-refractivity contribution is -0.129. The fourth-order valence-corrected chi connectivity index (χ4v) is 2.47. The monoisotopic (exact) mass is 340 g/mol. The van der Waals surface area contributed by atoms with E-state index in [1.807, 2.05) is 6.92 Å². The van der Waals surface area contributed by atoms with Gasteiger partial charge in [0.15, 0.2) is 11.9 Å². The number of benzene rings is 1. The molecular formula is C17H25ClN2O3. The number of carbonyl (C=O) groups excluding carboxylic acids is 2. The molecule has 23 heavy (non-hydrogen) atoms. The number of amides is 1. The molecule has 0 bridgehead atoms. The zero-order valence-corrected chi connectivity index (χ0v) is 14.6. The normalized spacial score (nSPS) is 17.4. The van der Waals surface area contributed by atoms with Crippen LogP contribution in [0.5, 0.6) is 5.75 Å². The third-order valence-corrected chi connectivity index (χ3v) is 4.23. The summed E-state index contributed by atoms with van der Waals surface area (Å²) in [5.74, 6) is 0.742. The first-order valence-electron chi connectivity index (χ1n) is 7.65. The van der Waals surface area contributed by atoms with Gasteiger partial charge in [-0.3, -0.25) is 9.59 Å². The fraction of sp³-hybridized carbons (Fsp3) is 0.529. The first kappa shape index (κ1) is 19.5. The highest BCUT2D eigenvalue weighted by atomic mass is 35.5. The number of halogens is 1. The van der Waals surface area contributed by atoms with Crippen LogP contribution in [0.3, 0.4) is 0 Å². The standard InChI is InChI=1S/C17H24N2O3.ClH/c1-11(20)13-5-4-6-15(9-13)22-12(2)16(21)19-17(3,10-18)14-7-8-14;/h4-6,9,12,14H,7-8,10,18H2,1-3H3,(H,19,21);1H. The molecule has 2 unspecified atom stereocenters. The summed E-state index contributed by atoms with van der Waals surface area (Å²) in [6.45, 7) is 5.58. The predicted molar refractivity (Wildman–Crippen MR) is 92.1 cm³/mol. The Morgan fingerprint density at radius 1 is 1.43 bits per heavy atom. The molecule has 0 spiro atoms. The van der Waals surface area contributed by atoms with Gasteiger partial charge >= 0.3 is 0 Å². The largest absolute Gasteiger partial charge is 0.481 e. The summed E-state index contributed by atoms with van der Waals surface area (Å²) in [6.07, 6.45) is 1.56. The maximum atomic E-state index is 12.3. The summed E-state index contributed by atoms with van der Waals surface area (Å²) in [7, 11) is 0. The SMILES string of the molecule is CC(=O)c1cccc(OC(C)C(=O)NC(C)(CN)C2CC2)c1.Cl. The van der Waals surface area contributed by atoms with Crippen LogP contribution in [0.2, 0.25) is 0 Å². The molecule has 0 aromatic heterocycles. The Morgan fingerprint density at radius 2 is 2.09 bits per heavy atom. The second kappa shape index (κ2) is 7.79. The van der Waals surface area contributed by atoms with Crippen molar-refractivity contribution in [2.75, 3.05) is 6.54 Å². The topological polar surface area (TPSA) is 81.4 Å². The zero-order valence-electron chi connectivity index (χ0n) is 13.8. The van der Waals surface area contributed by atoms with E-state index in [0.29, 0.717) is 23.8 Å². The smallest absolute Gasteiger partial charge is 0.261 e. The minimum atomic E-state index is -0.646.